The normalized spacial score (nSPS) is 12.4. The molecule has 0 unspecified atom stereocenters. The number of benzene rings is 1. The maximum absolute atomic E-state index is 12.9. The van der Waals surface area contributed by atoms with Gasteiger partial charge in [-0.3, -0.25) is 9.59 Å². The lowest BCUT2D eigenvalue weighted by Crippen LogP contribution is -2.46. The molecule has 0 heterocycles. The average molecular weight is 478 g/mol. The number of carbonyl (C=O) groups is 4. The van der Waals surface area contributed by atoms with Crippen LogP contribution in [0.4, 0.5) is 15.3 Å². The number of primary amides is 1. The third kappa shape index (κ3) is 10.5. The van der Waals surface area contributed by atoms with E-state index in [2.05, 4.69) is 16.0 Å². The van der Waals surface area contributed by atoms with Gasteiger partial charge in [-0.05, 0) is 42.9 Å². The largest absolute Gasteiger partial charge is 0.445 e. The number of nitrogens with one attached hydrogen (secondary N) is 3. The van der Waals surface area contributed by atoms with Crippen LogP contribution in [0.5, 0.6) is 0 Å². The summed E-state index contributed by atoms with van der Waals surface area (Å²) in [6.45, 7) is 8.73. The number of hydrogen-bond donors (Lipinski definition) is 4. The first-order valence-electron chi connectivity index (χ1n) is 11.7. The van der Waals surface area contributed by atoms with Gasteiger partial charge in [-0.1, -0.05) is 39.8 Å². The zero-order valence-corrected chi connectivity index (χ0v) is 20.8. The topological polar surface area (TPSA) is 143 Å². The first-order chi connectivity index (χ1) is 16.0. The molecule has 0 fully saturated rings. The minimum absolute atomic E-state index is 0.125. The molecule has 34 heavy (non-hydrogen) atoms. The molecular formula is C24H39N5O5. The SMILES string of the molecule is CCCN(C)C(=O)OCc1ccc(NC(=O)[C@H](CCCNC(N)=O)NC(=O)[C@@H](C)C(C)C)cc1. The number of rotatable bonds is 13. The summed E-state index contributed by atoms with van der Waals surface area (Å²) < 4.78 is 5.27. The van der Waals surface area contributed by atoms with Crippen molar-refractivity contribution < 1.29 is 23.9 Å². The van der Waals surface area contributed by atoms with E-state index in [9.17, 15) is 19.2 Å². The Morgan fingerprint density at radius 2 is 1.71 bits per heavy atom. The Morgan fingerprint density at radius 1 is 1.06 bits per heavy atom. The van der Waals surface area contributed by atoms with E-state index in [1.165, 1.54) is 4.90 Å². The van der Waals surface area contributed by atoms with Gasteiger partial charge in [0.25, 0.3) is 0 Å². The summed E-state index contributed by atoms with van der Waals surface area (Å²) >= 11 is 0. The molecule has 10 nitrogen and oxygen atoms in total. The lowest BCUT2D eigenvalue weighted by molar-refractivity contribution is -0.130. The third-order valence-electron chi connectivity index (χ3n) is 5.47. The van der Waals surface area contributed by atoms with Gasteiger partial charge in [0.2, 0.25) is 11.8 Å². The van der Waals surface area contributed by atoms with Crippen LogP contribution < -0.4 is 21.7 Å². The molecule has 0 bridgehead atoms. The molecule has 1 aromatic carbocycles. The van der Waals surface area contributed by atoms with E-state index in [1.807, 2.05) is 27.7 Å². The fourth-order valence-corrected chi connectivity index (χ4v) is 2.99. The Morgan fingerprint density at radius 3 is 2.26 bits per heavy atom. The fourth-order valence-electron chi connectivity index (χ4n) is 2.99. The van der Waals surface area contributed by atoms with Crippen molar-refractivity contribution in [2.24, 2.45) is 17.6 Å². The van der Waals surface area contributed by atoms with Crippen molar-refractivity contribution in [3.8, 4) is 0 Å². The van der Waals surface area contributed by atoms with Crippen LogP contribution >= 0.6 is 0 Å². The fraction of sp³-hybridized carbons (Fsp3) is 0.583. The number of carbonyl (C=O) groups excluding carboxylic acids is 4. The van der Waals surface area contributed by atoms with E-state index in [0.717, 1.165) is 12.0 Å². The molecule has 0 saturated carbocycles. The standard InChI is InChI=1S/C24H39N5O5/c1-6-14-29(5)24(33)34-15-18-9-11-19(12-10-18)27-22(31)20(8-7-13-26-23(25)32)28-21(30)17(4)16(2)3/h9-12,16-17,20H,6-8,13-15H2,1-5H3,(H,27,31)(H,28,30)(H3,25,26,32)/t17-,20-/m0/s1. The van der Waals surface area contributed by atoms with Crippen molar-refractivity contribution in [2.45, 2.75) is 59.6 Å². The van der Waals surface area contributed by atoms with E-state index >= 15 is 0 Å². The van der Waals surface area contributed by atoms with Crippen LogP contribution in [0.25, 0.3) is 0 Å². The molecule has 1 rings (SSSR count). The van der Waals surface area contributed by atoms with Gasteiger partial charge in [0, 0.05) is 31.7 Å². The van der Waals surface area contributed by atoms with Crippen molar-refractivity contribution >= 4 is 29.6 Å². The molecule has 10 heteroatoms. The van der Waals surface area contributed by atoms with Crippen LogP contribution in [0, 0.1) is 11.8 Å². The minimum Gasteiger partial charge on any atom is -0.445 e. The molecule has 0 radical (unpaired) electrons. The first kappa shape index (κ1) is 28.7. The molecule has 1 aromatic rings. The second kappa shape index (κ2) is 14.8. The molecule has 0 saturated heterocycles. The lowest BCUT2D eigenvalue weighted by Gasteiger charge is -2.22. The highest BCUT2D eigenvalue weighted by Gasteiger charge is 2.24. The van der Waals surface area contributed by atoms with Gasteiger partial charge in [-0.15, -0.1) is 0 Å². The molecular weight excluding hydrogens is 438 g/mol. The Hall–Kier alpha value is -3.30. The van der Waals surface area contributed by atoms with Crippen LogP contribution in [0.2, 0.25) is 0 Å². The molecule has 0 aromatic heterocycles. The van der Waals surface area contributed by atoms with Crippen LogP contribution in [0.1, 0.15) is 52.5 Å². The van der Waals surface area contributed by atoms with E-state index < -0.39 is 12.1 Å². The summed E-state index contributed by atoms with van der Waals surface area (Å²) in [6, 6.07) is 5.53. The van der Waals surface area contributed by atoms with Crippen LogP contribution in [0.15, 0.2) is 24.3 Å². The van der Waals surface area contributed by atoms with E-state index in [4.69, 9.17) is 10.5 Å². The average Bonchev–Trinajstić information content (AvgIpc) is 2.79. The molecule has 190 valence electrons. The second-order valence-electron chi connectivity index (χ2n) is 8.69. The van der Waals surface area contributed by atoms with Crippen molar-refractivity contribution in [1.82, 2.24) is 15.5 Å². The highest BCUT2D eigenvalue weighted by Crippen LogP contribution is 2.14. The number of nitrogens with zero attached hydrogens (tertiary/aromatic N) is 1. The molecule has 0 aliphatic carbocycles. The van der Waals surface area contributed by atoms with Gasteiger partial charge in [0.05, 0.1) is 0 Å². The van der Waals surface area contributed by atoms with Crippen LogP contribution in [0.3, 0.4) is 0 Å². The zero-order chi connectivity index (χ0) is 25.7. The Bertz CT molecular complexity index is 812. The lowest BCUT2D eigenvalue weighted by atomic mass is 9.96. The number of anilines is 1. The van der Waals surface area contributed by atoms with Gasteiger partial charge in [0.1, 0.15) is 12.6 Å². The van der Waals surface area contributed by atoms with E-state index in [0.29, 0.717) is 31.6 Å². The van der Waals surface area contributed by atoms with Crippen molar-refractivity contribution in [3.63, 3.8) is 0 Å². The van der Waals surface area contributed by atoms with Gasteiger partial charge >= 0.3 is 12.1 Å². The summed E-state index contributed by atoms with van der Waals surface area (Å²) in [6.07, 6.45) is 1.26. The monoisotopic (exact) mass is 477 g/mol. The minimum atomic E-state index is -0.766. The maximum atomic E-state index is 12.9. The smallest absolute Gasteiger partial charge is 0.409 e. The van der Waals surface area contributed by atoms with Gasteiger partial charge < -0.3 is 31.3 Å². The van der Waals surface area contributed by atoms with Gasteiger partial charge in [-0.25, -0.2) is 9.59 Å². The number of urea groups is 1. The summed E-state index contributed by atoms with van der Waals surface area (Å²) in [5.41, 5.74) is 6.41. The van der Waals surface area contributed by atoms with E-state index in [1.54, 1.807) is 31.3 Å². The third-order valence-corrected chi connectivity index (χ3v) is 5.47. The molecule has 0 spiro atoms. The predicted molar refractivity (Wildman–Crippen MR) is 131 cm³/mol. The van der Waals surface area contributed by atoms with Gasteiger partial charge in [0.15, 0.2) is 0 Å². The molecule has 0 aliphatic heterocycles. The first-order valence-corrected chi connectivity index (χ1v) is 11.7. The molecule has 2 atom stereocenters. The summed E-state index contributed by atoms with van der Waals surface area (Å²) in [5.74, 6) is -0.687. The number of hydrogen-bond acceptors (Lipinski definition) is 5. The van der Waals surface area contributed by atoms with Crippen LogP contribution in [-0.4, -0.2) is 55.0 Å². The highest BCUT2D eigenvalue weighted by atomic mass is 16.6. The molecule has 5 amide bonds. The summed E-state index contributed by atoms with van der Waals surface area (Å²) in [4.78, 5) is 49.7. The number of nitrogens with two attached hydrogens (primary N) is 1. The zero-order valence-electron chi connectivity index (χ0n) is 20.8. The van der Waals surface area contributed by atoms with Crippen LogP contribution in [-0.2, 0) is 20.9 Å². The predicted octanol–water partition coefficient (Wildman–Crippen LogP) is 2.83. The van der Waals surface area contributed by atoms with E-state index in [-0.39, 0.29) is 36.4 Å². The van der Waals surface area contributed by atoms with Crippen molar-refractivity contribution in [1.29, 1.82) is 0 Å². The quantitative estimate of drug-likeness (QED) is 0.323. The maximum Gasteiger partial charge on any atom is 0.409 e. The van der Waals surface area contributed by atoms with Crippen molar-refractivity contribution in [2.75, 3.05) is 25.5 Å². The second-order valence-corrected chi connectivity index (χ2v) is 8.69. The highest BCUT2D eigenvalue weighted by molar-refractivity contribution is 5.97. The Kier molecular flexibility index (Phi) is 12.5. The number of amides is 5. The van der Waals surface area contributed by atoms with Gasteiger partial charge in [-0.2, -0.15) is 0 Å². The molecule has 5 N–H and O–H groups in total. The number of ether oxygens (including phenoxy) is 1. The summed E-state index contributed by atoms with van der Waals surface area (Å²) in [7, 11) is 1.69. The Labute approximate surface area is 202 Å². The molecule has 0 aliphatic rings. The Balaban J connectivity index is 2.73. The van der Waals surface area contributed by atoms with Crippen molar-refractivity contribution in [3.05, 3.63) is 29.8 Å². The summed E-state index contributed by atoms with van der Waals surface area (Å²) in [5, 5.41) is 8.10.